The number of hydrogen-bond donors (Lipinski definition) is 1. The number of amides is 1. The van der Waals surface area contributed by atoms with Gasteiger partial charge >= 0.3 is 0 Å². The normalized spacial score (nSPS) is 10.4. The van der Waals surface area contributed by atoms with Crippen molar-refractivity contribution >= 4 is 5.91 Å². The molecular weight excluding hydrogens is 206 g/mol. The SMILES string of the molecule is Cc1cc(C(=O)N(C)CCCCCO)co1. The van der Waals surface area contributed by atoms with Crippen LogP contribution in [0.2, 0.25) is 0 Å². The van der Waals surface area contributed by atoms with Gasteiger partial charge in [-0.25, -0.2) is 0 Å². The first-order valence-electron chi connectivity index (χ1n) is 5.56. The monoisotopic (exact) mass is 225 g/mol. The number of unbranched alkanes of at least 4 members (excludes halogenated alkanes) is 2. The largest absolute Gasteiger partial charge is 0.469 e. The van der Waals surface area contributed by atoms with Crippen molar-refractivity contribution in [3.8, 4) is 0 Å². The lowest BCUT2D eigenvalue weighted by Gasteiger charge is -2.15. The summed E-state index contributed by atoms with van der Waals surface area (Å²) in [4.78, 5) is 13.5. The zero-order valence-corrected chi connectivity index (χ0v) is 9.90. The van der Waals surface area contributed by atoms with Gasteiger partial charge in [0.2, 0.25) is 0 Å². The molecule has 1 N–H and O–H groups in total. The van der Waals surface area contributed by atoms with E-state index in [1.54, 1.807) is 18.0 Å². The first-order chi connectivity index (χ1) is 7.65. The quantitative estimate of drug-likeness (QED) is 0.751. The minimum absolute atomic E-state index is 0.0131. The van der Waals surface area contributed by atoms with Crippen LogP contribution in [0.3, 0.4) is 0 Å². The van der Waals surface area contributed by atoms with Crippen molar-refractivity contribution in [2.45, 2.75) is 26.2 Å². The van der Waals surface area contributed by atoms with E-state index < -0.39 is 0 Å². The number of furan rings is 1. The topological polar surface area (TPSA) is 53.7 Å². The van der Waals surface area contributed by atoms with Crippen molar-refractivity contribution in [1.29, 1.82) is 0 Å². The van der Waals surface area contributed by atoms with Crippen LogP contribution >= 0.6 is 0 Å². The summed E-state index contributed by atoms with van der Waals surface area (Å²) >= 11 is 0. The second-order valence-corrected chi connectivity index (χ2v) is 3.96. The Labute approximate surface area is 95.9 Å². The lowest BCUT2D eigenvalue weighted by atomic mass is 10.2. The number of carbonyl (C=O) groups excluding carboxylic acids is 1. The van der Waals surface area contributed by atoms with Crippen molar-refractivity contribution in [2.24, 2.45) is 0 Å². The molecule has 0 spiro atoms. The van der Waals surface area contributed by atoms with Gasteiger partial charge in [-0.1, -0.05) is 0 Å². The van der Waals surface area contributed by atoms with Gasteiger partial charge in [0, 0.05) is 20.2 Å². The smallest absolute Gasteiger partial charge is 0.256 e. The molecule has 0 saturated heterocycles. The highest BCUT2D eigenvalue weighted by Gasteiger charge is 2.13. The first-order valence-corrected chi connectivity index (χ1v) is 5.56. The molecular formula is C12H19NO3. The highest BCUT2D eigenvalue weighted by atomic mass is 16.3. The maximum Gasteiger partial charge on any atom is 0.256 e. The Balaban J connectivity index is 2.36. The molecule has 0 aliphatic carbocycles. The highest BCUT2D eigenvalue weighted by molar-refractivity contribution is 5.93. The lowest BCUT2D eigenvalue weighted by Crippen LogP contribution is -2.27. The third-order valence-corrected chi connectivity index (χ3v) is 2.48. The Morgan fingerprint density at radius 1 is 1.44 bits per heavy atom. The van der Waals surface area contributed by atoms with Gasteiger partial charge in [0.1, 0.15) is 12.0 Å². The fraction of sp³-hybridized carbons (Fsp3) is 0.583. The lowest BCUT2D eigenvalue weighted by molar-refractivity contribution is 0.0791. The van der Waals surface area contributed by atoms with Gasteiger partial charge in [0.05, 0.1) is 5.56 Å². The summed E-state index contributed by atoms with van der Waals surface area (Å²) in [6.45, 7) is 2.75. The Bertz CT molecular complexity index is 333. The molecule has 1 rings (SSSR count). The predicted molar refractivity (Wildman–Crippen MR) is 61.3 cm³/mol. The summed E-state index contributed by atoms with van der Waals surface area (Å²) in [6.07, 6.45) is 4.15. The van der Waals surface area contributed by atoms with Crippen LogP contribution < -0.4 is 0 Å². The molecule has 0 aliphatic rings. The van der Waals surface area contributed by atoms with E-state index in [1.807, 2.05) is 6.92 Å². The van der Waals surface area contributed by atoms with E-state index in [0.717, 1.165) is 25.0 Å². The summed E-state index contributed by atoms with van der Waals surface area (Å²) in [5, 5.41) is 8.63. The number of aryl methyl sites for hydroxylation is 1. The molecule has 4 heteroatoms. The third-order valence-electron chi connectivity index (χ3n) is 2.48. The van der Waals surface area contributed by atoms with Gasteiger partial charge in [-0.3, -0.25) is 4.79 Å². The minimum atomic E-state index is -0.0131. The van der Waals surface area contributed by atoms with Gasteiger partial charge in [0.25, 0.3) is 5.91 Å². The van der Waals surface area contributed by atoms with E-state index in [0.29, 0.717) is 12.1 Å². The maximum atomic E-state index is 11.8. The first kappa shape index (κ1) is 12.8. The molecule has 0 aromatic carbocycles. The Kier molecular flexibility index (Phi) is 5.05. The van der Waals surface area contributed by atoms with Crippen LogP contribution in [-0.4, -0.2) is 36.1 Å². The Morgan fingerprint density at radius 2 is 2.19 bits per heavy atom. The standard InChI is InChI=1S/C12H19NO3/c1-10-8-11(9-16-10)12(15)13(2)6-4-3-5-7-14/h8-9,14H,3-7H2,1-2H3. The van der Waals surface area contributed by atoms with E-state index in [1.165, 1.54) is 6.26 Å². The molecule has 0 saturated carbocycles. The van der Waals surface area contributed by atoms with Gasteiger partial charge < -0.3 is 14.4 Å². The van der Waals surface area contributed by atoms with Gasteiger partial charge in [-0.05, 0) is 32.3 Å². The second kappa shape index (κ2) is 6.33. The molecule has 0 radical (unpaired) electrons. The van der Waals surface area contributed by atoms with E-state index in [2.05, 4.69) is 0 Å². The summed E-state index contributed by atoms with van der Waals surface area (Å²) in [6, 6.07) is 1.74. The summed E-state index contributed by atoms with van der Waals surface area (Å²) in [5.74, 6) is 0.734. The molecule has 0 unspecified atom stereocenters. The summed E-state index contributed by atoms with van der Waals surface area (Å²) in [7, 11) is 1.78. The van der Waals surface area contributed by atoms with Crippen LogP contribution in [0.1, 0.15) is 35.4 Å². The Hall–Kier alpha value is -1.29. The summed E-state index contributed by atoms with van der Waals surface area (Å²) < 4.78 is 5.10. The third kappa shape index (κ3) is 3.70. The predicted octanol–water partition coefficient (Wildman–Crippen LogP) is 1.82. The fourth-order valence-electron chi connectivity index (χ4n) is 1.52. The fourth-order valence-corrected chi connectivity index (χ4v) is 1.52. The molecule has 90 valence electrons. The van der Waals surface area contributed by atoms with E-state index in [-0.39, 0.29) is 12.5 Å². The van der Waals surface area contributed by atoms with E-state index in [9.17, 15) is 4.79 Å². The van der Waals surface area contributed by atoms with Crippen LogP contribution in [-0.2, 0) is 0 Å². The van der Waals surface area contributed by atoms with Crippen molar-refractivity contribution in [2.75, 3.05) is 20.2 Å². The summed E-state index contributed by atoms with van der Waals surface area (Å²) in [5.41, 5.74) is 0.599. The Morgan fingerprint density at radius 3 is 2.75 bits per heavy atom. The number of aliphatic hydroxyl groups excluding tert-OH is 1. The van der Waals surface area contributed by atoms with Gasteiger partial charge in [-0.2, -0.15) is 0 Å². The maximum absolute atomic E-state index is 11.8. The number of aliphatic hydroxyl groups is 1. The zero-order valence-electron chi connectivity index (χ0n) is 9.90. The molecule has 0 aliphatic heterocycles. The van der Waals surface area contributed by atoms with Crippen LogP contribution in [0.15, 0.2) is 16.7 Å². The van der Waals surface area contributed by atoms with E-state index in [4.69, 9.17) is 9.52 Å². The van der Waals surface area contributed by atoms with Crippen molar-refractivity contribution in [3.05, 3.63) is 23.7 Å². The second-order valence-electron chi connectivity index (χ2n) is 3.96. The van der Waals surface area contributed by atoms with Crippen molar-refractivity contribution < 1.29 is 14.3 Å². The molecule has 1 heterocycles. The number of rotatable bonds is 6. The average molecular weight is 225 g/mol. The molecule has 16 heavy (non-hydrogen) atoms. The van der Waals surface area contributed by atoms with Crippen molar-refractivity contribution in [3.63, 3.8) is 0 Å². The van der Waals surface area contributed by atoms with Crippen LogP contribution in [0.25, 0.3) is 0 Å². The van der Waals surface area contributed by atoms with Gasteiger partial charge in [-0.15, -0.1) is 0 Å². The molecule has 0 bridgehead atoms. The number of carbonyl (C=O) groups is 1. The highest BCUT2D eigenvalue weighted by Crippen LogP contribution is 2.09. The molecule has 1 amide bonds. The number of hydrogen-bond acceptors (Lipinski definition) is 3. The van der Waals surface area contributed by atoms with Crippen LogP contribution in [0, 0.1) is 6.92 Å². The molecule has 0 fully saturated rings. The molecule has 1 aromatic heterocycles. The molecule has 0 atom stereocenters. The average Bonchev–Trinajstić information content (AvgIpc) is 2.70. The van der Waals surface area contributed by atoms with Crippen molar-refractivity contribution in [1.82, 2.24) is 4.90 Å². The van der Waals surface area contributed by atoms with Gasteiger partial charge in [0.15, 0.2) is 0 Å². The van der Waals surface area contributed by atoms with Crippen LogP contribution in [0.4, 0.5) is 0 Å². The molecule has 4 nitrogen and oxygen atoms in total. The minimum Gasteiger partial charge on any atom is -0.469 e. The van der Waals surface area contributed by atoms with Crippen LogP contribution in [0.5, 0.6) is 0 Å². The number of nitrogens with zero attached hydrogens (tertiary/aromatic N) is 1. The molecule has 1 aromatic rings. The zero-order chi connectivity index (χ0) is 12.0. The van der Waals surface area contributed by atoms with E-state index >= 15 is 0 Å².